The molecule has 13 heavy (non-hydrogen) atoms. The summed E-state index contributed by atoms with van der Waals surface area (Å²) in [7, 11) is 0. The van der Waals surface area contributed by atoms with Crippen LogP contribution in [0.1, 0.15) is 32.1 Å². The van der Waals surface area contributed by atoms with E-state index >= 15 is 0 Å². The van der Waals surface area contributed by atoms with Crippen LogP contribution in [-0.4, -0.2) is 23.4 Å². The van der Waals surface area contributed by atoms with E-state index in [1.54, 1.807) is 6.26 Å². The van der Waals surface area contributed by atoms with Crippen molar-refractivity contribution in [3.8, 4) is 0 Å². The molecule has 0 aromatic rings. The minimum atomic E-state index is -0.653. The quantitative estimate of drug-likeness (QED) is 0.635. The van der Waals surface area contributed by atoms with Crippen molar-refractivity contribution in [3.63, 3.8) is 0 Å². The molecule has 1 fully saturated rings. The first-order chi connectivity index (χ1) is 6.21. The molecule has 3 N–H and O–H groups in total. The van der Waals surface area contributed by atoms with Gasteiger partial charge in [0, 0.05) is 6.04 Å². The number of aliphatic hydroxyl groups is 1. The van der Waals surface area contributed by atoms with Crippen LogP contribution >= 0.6 is 0 Å². The Hall–Kier alpha value is -0.540. The Morgan fingerprint density at radius 1 is 1.62 bits per heavy atom. The van der Waals surface area contributed by atoms with E-state index in [4.69, 9.17) is 10.5 Å². The summed E-state index contributed by atoms with van der Waals surface area (Å²) in [6, 6.07) is 0.160. The SMILES string of the molecule is NC1CCC(O)(C2=COCCC2)C1. The zero-order valence-corrected chi connectivity index (χ0v) is 7.83. The van der Waals surface area contributed by atoms with E-state index < -0.39 is 5.60 Å². The summed E-state index contributed by atoms with van der Waals surface area (Å²) in [6.07, 6.45) is 6.13. The second-order valence-corrected chi connectivity index (χ2v) is 4.15. The maximum Gasteiger partial charge on any atom is 0.0904 e. The lowest BCUT2D eigenvalue weighted by Gasteiger charge is -2.28. The highest BCUT2D eigenvalue weighted by atomic mass is 16.5. The summed E-state index contributed by atoms with van der Waals surface area (Å²) in [4.78, 5) is 0. The molecule has 74 valence electrons. The summed E-state index contributed by atoms with van der Waals surface area (Å²) < 4.78 is 5.23. The van der Waals surface area contributed by atoms with Gasteiger partial charge in [-0.3, -0.25) is 0 Å². The van der Waals surface area contributed by atoms with Crippen molar-refractivity contribution in [1.82, 2.24) is 0 Å². The second-order valence-electron chi connectivity index (χ2n) is 4.15. The molecular formula is C10H17NO2. The third-order valence-corrected chi connectivity index (χ3v) is 3.06. The highest BCUT2D eigenvalue weighted by molar-refractivity contribution is 5.19. The van der Waals surface area contributed by atoms with E-state index in [2.05, 4.69) is 0 Å². The topological polar surface area (TPSA) is 55.5 Å². The molecule has 1 saturated carbocycles. The first-order valence-electron chi connectivity index (χ1n) is 5.00. The molecule has 0 saturated heterocycles. The maximum atomic E-state index is 10.3. The van der Waals surface area contributed by atoms with Gasteiger partial charge in [-0.15, -0.1) is 0 Å². The van der Waals surface area contributed by atoms with E-state index in [0.29, 0.717) is 6.42 Å². The third kappa shape index (κ3) is 1.71. The van der Waals surface area contributed by atoms with Crippen LogP contribution in [0, 0.1) is 0 Å². The molecule has 0 aromatic carbocycles. The van der Waals surface area contributed by atoms with Gasteiger partial charge in [0.1, 0.15) is 0 Å². The Morgan fingerprint density at radius 3 is 3.00 bits per heavy atom. The van der Waals surface area contributed by atoms with Crippen LogP contribution in [0.15, 0.2) is 11.8 Å². The zero-order chi connectivity index (χ0) is 9.31. The molecule has 1 aliphatic heterocycles. The largest absolute Gasteiger partial charge is 0.501 e. The summed E-state index contributed by atoms with van der Waals surface area (Å²) in [5.41, 5.74) is 6.18. The van der Waals surface area contributed by atoms with Crippen LogP contribution in [0.5, 0.6) is 0 Å². The van der Waals surface area contributed by atoms with Crippen molar-refractivity contribution in [1.29, 1.82) is 0 Å². The van der Waals surface area contributed by atoms with Crippen molar-refractivity contribution in [3.05, 3.63) is 11.8 Å². The Labute approximate surface area is 78.6 Å². The van der Waals surface area contributed by atoms with Gasteiger partial charge in [-0.1, -0.05) is 0 Å². The van der Waals surface area contributed by atoms with Gasteiger partial charge >= 0.3 is 0 Å². The molecule has 0 amide bonds. The van der Waals surface area contributed by atoms with Gasteiger partial charge in [0.2, 0.25) is 0 Å². The van der Waals surface area contributed by atoms with Crippen molar-refractivity contribution in [2.75, 3.05) is 6.61 Å². The lowest BCUT2D eigenvalue weighted by Crippen LogP contribution is -2.31. The highest BCUT2D eigenvalue weighted by Crippen LogP contribution is 2.38. The first kappa shape index (κ1) is 9.03. The molecule has 3 heteroatoms. The summed E-state index contributed by atoms with van der Waals surface area (Å²) >= 11 is 0. The van der Waals surface area contributed by atoms with Gasteiger partial charge in [0.15, 0.2) is 0 Å². The van der Waals surface area contributed by atoms with Gasteiger partial charge in [-0.25, -0.2) is 0 Å². The van der Waals surface area contributed by atoms with E-state index in [0.717, 1.165) is 37.9 Å². The average Bonchev–Trinajstić information content (AvgIpc) is 2.49. The Kier molecular flexibility index (Phi) is 2.30. The average molecular weight is 183 g/mol. The lowest BCUT2D eigenvalue weighted by atomic mass is 9.89. The number of ether oxygens (including phenoxy) is 1. The molecule has 2 aliphatic rings. The number of nitrogens with two attached hydrogens (primary N) is 1. The lowest BCUT2D eigenvalue weighted by molar-refractivity contribution is 0.0680. The molecule has 2 unspecified atom stereocenters. The molecular weight excluding hydrogens is 166 g/mol. The molecule has 2 rings (SSSR count). The highest BCUT2D eigenvalue weighted by Gasteiger charge is 2.39. The van der Waals surface area contributed by atoms with E-state index in [1.165, 1.54) is 0 Å². The minimum absolute atomic E-state index is 0.160. The van der Waals surface area contributed by atoms with Gasteiger partial charge in [0.05, 0.1) is 18.5 Å². The summed E-state index contributed by atoms with van der Waals surface area (Å²) in [5.74, 6) is 0. The summed E-state index contributed by atoms with van der Waals surface area (Å²) in [5, 5.41) is 10.3. The van der Waals surface area contributed by atoms with Crippen LogP contribution in [0.25, 0.3) is 0 Å². The molecule has 0 bridgehead atoms. The summed E-state index contributed by atoms with van der Waals surface area (Å²) in [6.45, 7) is 0.783. The van der Waals surface area contributed by atoms with E-state index in [9.17, 15) is 5.11 Å². The fourth-order valence-corrected chi connectivity index (χ4v) is 2.26. The van der Waals surface area contributed by atoms with Crippen LogP contribution < -0.4 is 5.73 Å². The van der Waals surface area contributed by atoms with Gasteiger partial charge in [0.25, 0.3) is 0 Å². The number of hydrogen-bond donors (Lipinski definition) is 2. The van der Waals surface area contributed by atoms with Crippen LogP contribution in [0.2, 0.25) is 0 Å². The van der Waals surface area contributed by atoms with Crippen LogP contribution in [-0.2, 0) is 4.74 Å². The minimum Gasteiger partial charge on any atom is -0.501 e. The van der Waals surface area contributed by atoms with Crippen molar-refractivity contribution in [2.45, 2.75) is 43.7 Å². The molecule has 3 nitrogen and oxygen atoms in total. The van der Waals surface area contributed by atoms with Crippen LogP contribution in [0.4, 0.5) is 0 Å². The fourth-order valence-electron chi connectivity index (χ4n) is 2.26. The predicted molar refractivity (Wildman–Crippen MR) is 50.0 cm³/mol. The Morgan fingerprint density at radius 2 is 2.46 bits per heavy atom. The molecule has 0 aromatic heterocycles. The van der Waals surface area contributed by atoms with Crippen molar-refractivity contribution in [2.24, 2.45) is 5.73 Å². The van der Waals surface area contributed by atoms with Gasteiger partial charge in [-0.05, 0) is 37.7 Å². The first-order valence-corrected chi connectivity index (χ1v) is 5.00. The number of rotatable bonds is 1. The second kappa shape index (κ2) is 3.31. The third-order valence-electron chi connectivity index (χ3n) is 3.06. The van der Waals surface area contributed by atoms with Gasteiger partial charge in [-0.2, -0.15) is 0 Å². The molecule has 2 atom stereocenters. The molecule has 1 heterocycles. The van der Waals surface area contributed by atoms with Gasteiger partial charge < -0.3 is 15.6 Å². The Balaban J connectivity index is 2.10. The molecule has 0 radical (unpaired) electrons. The fraction of sp³-hybridized carbons (Fsp3) is 0.800. The standard InChI is InChI=1S/C10H17NO2/c11-9-3-4-10(12,6-9)8-2-1-5-13-7-8/h7,9,12H,1-6,11H2. The van der Waals surface area contributed by atoms with E-state index in [1.807, 2.05) is 0 Å². The monoisotopic (exact) mass is 183 g/mol. The predicted octanol–water partition coefficient (Wildman–Crippen LogP) is 0.923. The molecule has 0 spiro atoms. The van der Waals surface area contributed by atoms with Crippen molar-refractivity contribution < 1.29 is 9.84 Å². The number of hydrogen-bond acceptors (Lipinski definition) is 3. The zero-order valence-electron chi connectivity index (χ0n) is 7.83. The Bertz CT molecular complexity index is 227. The van der Waals surface area contributed by atoms with E-state index in [-0.39, 0.29) is 6.04 Å². The normalized spacial score (nSPS) is 39.8. The van der Waals surface area contributed by atoms with Crippen LogP contribution in [0.3, 0.4) is 0 Å². The molecule has 1 aliphatic carbocycles. The smallest absolute Gasteiger partial charge is 0.0904 e. The van der Waals surface area contributed by atoms with Crippen molar-refractivity contribution >= 4 is 0 Å². The maximum absolute atomic E-state index is 10.3.